The summed E-state index contributed by atoms with van der Waals surface area (Å²) in [5.74, 6) is 5.81. The molecule has 1 aliphatic rings. The van der Waals surface area contributed by atoms with Gasteiger partial charge in [0.25, 0.3) is 11.8 Å². The van der Waals surface area contributed by atoms with E-state index in [2.05, 4.69) is 83.3 Å². The molecule has 12 heteroatoms. The number of fused-ring (bicyclic) bond motifs is 2. The maximum absolute atomic E-state index is 12.9. The fourth-order valence-corrected chi connectivity index (χ4v) is 8.78. The molecule has 0 unspecified atom stereocenters. The van der Waals surface area contributed by atoms with Crippen molar-refractivity contribution < 1.29 is 19.5 Å². The van der Waals surface area contributed by atoms with Gasteiger partial charge in [-0.25, -0.2) is 15.3 Å². The van der Waals surface area contributed by atoms with Crippen LogP contribution in [0.25, 0.3) is 33.2 Å². The predicted molar refractivity (Wildman–Crippen MR) is 296 cm³/mol. The Labute approximate surface area is 425 Å². The Morgan fingerprint density at radius 2 is 1.19 bits per heavy atom. The molecule has 0 bridgehead atoms. The van der Waals surface area contributed by atoms with Gasteiger partial charge in [-0.2, -0.15) is 0 Å². The van der Waals surface area contributed by atoms with Crippen LogP contribution in [0.15, 0.2) is 113 Å². The largest absolute Gasteiger partial charge is 0.398 e. The van der Waals surface area contributed by atoms with E-state index in [0.717, 1.165) is 161 Å². The molecule has 1 aliphatic carbocycles. The first-order chi connectivity index (χ1) is 34.9. The van der Waals surface area contributed by atoms with E-state index in [9.17, 15) is 9.59 Å². The quantitative estimate of drug-likeness (QED) is 0.0123. The summed E-state index contributed by atoms with van der Waals surface area (Å²) in [4.78, 5) is 35.7. The number of carbonyl (C=O) groups excluding carboxylic acids is 2. The third-order valence-electron chi connectivity index (χ3n) is 13.0. The highest BCUT2D eigenvalue weighted by Crippen LogP contribution is 2.29. The summed E-state index contributed by atoms with van der Waals surface area (Å²) in [6, 6.07) is 33.7. The lowest BCUT2D eigenvalue weighted by Crippen LogP contribution is -2.71. The van der Waals surface area contributed by atoms with Gasteiger partial charge in [-0.05, 0) is 147 Å². The van der Waals surface area contributed by atoms with Crippen molar-refractivity contribution in [2.24, 2.45) is 4.99 Å². The molecule has 10 N–H and O–H groups in total. The smallest absolute Gasteiger partial charge is 0.251 e. The van der Waals surface area contributed by atoms with Crippen molar-refractivity contribution in [1.29, 1.82) is 0 Å². The number of nitrogens with two attached hydrogens (primary N) is 3. The number of aryl methyl sites for hydroxylation is 3. The molecule has 5 aromatic carbocycles. The van der Waals surface area contributed by atoms with Gasteiger partial charge in [-0.15, -0.1) is 0 Å². The van der Waals surface area contributed by atoms with Gasteiger partial charge in [-0.3, -0.25) is 9.59 Å². The Kier molecular flexibility index (Phi) is 18.2. The minimum absolute atomic E-state index is 0.0714. The highest BCUT2D eigenvalue weighted by molar-refractivity contribution is 6.01. The van der Waals surface area contributed by atoms with Crippen LogP contribution in [0.3, 0.4) is 0 Å². The zero-order chi connectivity index (χ0) is 51.0. The van der Waals surface area contributed by atoms with Crippen molar-refractivity contribution in [3.05, 3.63) is 136 Å². The number of aromatic nitrogens is 2. The summed E-state index contributed by atoms with van der Waals surface area (Å²) >= 11 is 0. The number of nitrogen functional groups attached to an aromatic ring is 2. The van der Waals surface area contributed by atoms with Crippen LogP contribution in [0, 0.1) is 44.7 Å². The van der Waals surface area contributed by atoms with Crippen LogP contribution in [0.1, 0.15) is 116 Å². The van der Waals surface area contributed by atoms with E-state index in [-0.39, 0.29) is 11.8 Å². The lowest BCUT2D eigenvalue weighted by molar-refractivity contribution is -0.525. The van der Waals surface area contributed by atoms with Crippen LogP contribution < -0.4 is 42.6 Å². The van der Waals surface area contributed by atoms with Crippen LogP contribution in [0.5, 0.6) is 0 Å². The zero-order valence-corrected chi connectivity index (χ0v) is 42.8. The molecule has 1 heterocycles. The van der Waals surface area contributed by atoms with Crippen molar-refractivity contribution in [3.63, 3.8) is 0 Å². The zero-order valence-electron chi connectivity index (χ0n) is 42.8. The lowest BCUT2D eigenvalue weighted by atomic mass is 10.0. The van der Waals surface area contributed by atoms with Gasteiger partial charge >= 0.3 is 0 Å². The highest BCUT2D eigenvalue weighted by atomic mass is 16.2. The Balaban J connectivity index is 0.750. The average Bonchev–Trinajstić information content (AvgIpc) is 3.37. The first kappa shape index (κ1) is 51.9. The van der Waals surface area contributed by atoms with E-state index in [4.69, 9.17) is 21.4 Å². The third-order valence-corrected chi connectivity index (χ3v) is 13.0. The topological polar surface area (TPSA) is 180 Å². The maximum Gasteiger partial charge on any atom is 0.251 e. The molecule has 0 radical (unpaired) electrons. The molecule has 12 nitrogen and oxygen atoms in total. The van der Waals surface area contributed by atoms with Gasteiger partial charge in [0.1, 0.15) is 22.8 Å². The number of anilines is 3. The SMILES string of the molecule is CC#C[NH2+]c1cc(N)c(C)cc1N=C1C=C(C)C(NCCCCCCNC(=O)c2ccc(-c3ccc(C(=O)NCCCCCCNc4cc5c(cc4C)nc4cc(C)c(N)cc4[n+]5C#CC)cc3)cc2)=CC1. The molecule has 7 rings (SSSR count). The molecule has 0 atom stereocenters. The summed E-state index contributed by atoms with van der Waals surface area (Å²) in [5.41, 5.74) is 30.0. The first-order valence-electron chi connectivity index (χ1n) is 25.3. The number of amides is 2. The number of benzene rings is 5. The molecule has 0 saturated heterocycles. The number of carbonyl (C=O) groups is 2. The van der Waals surface area contributed by atoms with Crippen molar-refractivity contribution in [1.82, 2.24) is 20.9 Å². The molecule has 2 amide bonds. The number of hydrogen-bond donors (Lipinski definition) is 7. The second kappa shape index (κ2) is 25.3. The second-order valence-corrected chi connectivity index (χ2v) is 18.6. The number of aliphatic imine (C=N–C) groups is 1. The maximum atomic E-state index is 12.9. The van der Waals surface area contributed by atoms with Crippen molar-refractivity contribution in [2.75, 3.05) is 43.0 Å². The summed E-state index contributed by atoms with van der Waals surface area (Å²) in [6.07, 6.45) is 13.2. The van der Waals surface area contributed by atoms with Gasteiger partial charge in [0.05, 0.1) is 0 Å². The molecule has 6 aromatic rings. The van der Waals surface area contributed by atoms with Crippen molar-refractivity contribution in [2.45, 2.75) is 99.3 Å². The van der Waals surface area contributed by atoms with Gasteiger partial charge in [0.15, 0.2) is 5.69 Å². The number of nitrogens with zero attached hydrogens (tertiary/aromatic N) is 3. The van der Waals surface area contributed by atoms with Crippen molar-refractivity contribution >= 4 is 68.0 Å². The molecule has 0 fully saturated rings. The number of allylic oxidation sites excluding steroid dienone is 3. The predicted octanol–water partition coefficient (Wildman–Crippen LogP) is 9.73. The Morgan fingerprint density at radius 3 is 1.78 bits per heavy atom. The van der Waals surface area contributed by atoms with E-state index >= 15 is 0 Å². The van der Waals surface area contributed by atoms with Crippen molar-refractivity contribution in [3.8, 4) is 35.1 Å². The number of nitrogens with one attached hydrogen (secondary N) is 4. The standard InChI is InChI=1S/C60H68N10O2/c1-7-27-63-53-37-49(61)40(3)34-54(53)68-48-25-26-51(42(5)33-48)64-28-13-9-11-15-30-66-59(71)46-21-17-44(18-22-46)45-19-23-47(24-20-45)60(72)67-31-16-12-10-14-29-65-52-39-58-56(36-43(52)6)69-55-35-41(4)50(62)38-57(55)70(58)32-8-2/h17-24,26,33-39,63-64H,9-16,25,28-31,61H2,1-6H3,(H4,62,65,66,67,71,72)/p+2. The molecule has 0 aliphatic heterocycles. The fourth-order valence-electron chi connectivity index (χ4n) is 8.78. The van der Waals surface area contributed by atoms with Gasteiger partial charge in [0.2, 0.25) is 17.1 Å². The number of rotatable bonds is 21. The molecule has 1 aromatic heterocycles. The Bertz CT molecular complexity index is 3160. The van der Waals surface area contributed by atoms with E-state index in [1.807, 2.05) is 110 Å². The molecule has 370 valence electrons. The number of quaternary nitrogens is 1. The van der Waals surface area contributed by atoms with Crippen LogP contribution >= 0.6 is 0 Å². The minimum Gasteiger partial charge on any atom is -0.398 e. The Morgan fingerprint density at radius 1 is 0.653 bits per heavy atom. The molecular formula is C60H70N10O2+2. The molecule has 72 heavy (non-hydrogen) atoms. The summed E-state index contributed by atoms with van der Waals surface area (Å²) in [6.45, 7) is 14.9. The molecule has 0 saturated carbocycles. The average molecular weight is 963 g/mol. The first-order valence-corrected chi connectivity index (χ1v) is 25.3. The van der Waals surface area contributed by atoms with Gasteiger partial charge < -0.3 is 32.7 Å². The molecule has 0 spiro atoms. The normalized spacial score (nSPS) is 12.6. The van der Waals surface area contributed by atoms with E-state index in [0.29, 0.717) is 24.2 Å². The number of hydrogen-bond acceptors (Lipinski definition) is 8. The monoisotopic (exact) mass is 963 g/mol. The summed E-state index contributed by atoms with van der Waals surface area (Å²) in [7, 11) is 0. The lowest BCUT2D eigenvalue weighted by Gasteiger charge is -2.16. The van der Waals surface area contributed by atoms with Gasteiger partial charge in [-0.1, -0.05) is 60.6 Å². The summed E-state index contributed by atoms with van der Waals surface area (Å²) in [5, 5.41) is 15.2. The molecular weight excluding hydrogens is 893 g/mol. The third kappa shape index (κ3) is 13.7. The fraction of sp³-hybridized carbons (Fsp3) is 0.317. The number of unbranched alkanes of at least 4 members (excludes halogenated alkanes) is 6. The van der Waals surface area contributed by atoms with Crippen LogP contribution in [-0.2, 0) is 0 Å². The second-order valence-electron chi connectivity index (χ2n) is 18.6. The summed E-state index contributed by atoms with van der Waals surface area (Å²) < 4.78 is 1.98. The van der Waals surface area contributed by atoms with Gasteiger partial charge in [0, 0.05) is 104 Å². The van der Waals surface area contributed by atoms with Crippen LogP contribution in [0.2, 0.25) is 0 Å². The van der Waals surface area contributed by atoms with E-state index in [1.165, 1.54) is 5.57 Å². The van der Waals surface area contributed by atoms with Crippen LogP contribution in [-0.4, -0.2) is 48.7 Å². The Hall–Kier alpha value is -7.93. The minimum atomic E-state index is -0.0767. The van der Waals surface area contributed by atoms with E-state index in [1.54, 1.807) is 0 Å². The van der Waals surface area contributed by atoms with Crippen LogP contribution in [0.4, 0.5) is 28.4 Å². The highest BCUT2D eigenvalue weighted by Gasteiger charge is 2.20. The van der Waals surface area contributed by atoms with E-state index < -0.39 is 0 Å².